The number of hydrogen-bond acceptors (Lipinski definition) is 9. The first-order valence-corrected chi connectivity index (χ1v) is 15.7. The molecule has 4 aromatic rings. The molecule has 198 valence electrons. The Balaban J connectivity index is 1.52. The molecule has 1 amide bonds. The summed E-state index contributed by atoms with van der Waals surface area (Å²) in [5.74, 6) is 1.71. The smallest absolute Gasteiger partial charge is 0.241 e. The topological polar surface area (TPSA) is 99.7 Å². The molecular weight excluding hydrogens is 519 g/mol. The Morgan fingerprint density at radius 3 is 2.66 bits per heavy atom. The van der Waals surface area contributed by atoms with Crippen LogP contribution in [0.5, 0.6) is 5.75 Å². The van der Waals surface area contributed by atoms with Crippen LogP contribution in [0.2, 0.25) is 0 Å². The lowest BCUT2D eigenvalue weighted by Crippen LogP contribution is -2.36. The summed E-state index contributed by atoms with van der Waals surface area (Å²) < 4.78 is 19.5. The molecule has 1 aliphatic heterocycles. The molecule has 2 aromatic heterocycles. The third-order valence-electron chi connectivity index (χ3n) is 6.34. The summed E-state index contributed by atoms with van der Waals surface area (Å²) in [5, 5.41) is 9.46. The predicted octanol–water partition coefficient (Wildman–Crippen LogP) is 4.89. The minimum atomic E-state index is -2.52. The fourth-order valence-electron chi connectivity index (χ4n) is 4.60. The molecule has 5 rings (SSSR count). The number of nitrogens with one attached hydrogen (secondary N) is 2. The van der Waals surface area contributed by atoms with Crippen molar-refractivity contribution in [3.63, 3.8) is 0 Å². The summed E-state index contributed by atoms with van der Waals surface area (Å²) in [6.07, 6.45) is 0.773. The second-order valence-electron chi connectivity index (χ2n) is 9.86. The Morgan fingerprint density at radius 1 is 1.13 bits per heavy atom. The van der Waals surface area contributed by atoms with E-state index < -0.39 is 7.14 Å². The number of anilines is 5. The van der Waals surface area contributed by atoms with Gasteiger partial charge >= 0.3 is 0 Å². The van der Waals surface area contributed by atoms with E-state index in [-0.39, 0.29) is 5.91 Å². The number of methoxy groups -OCH3 is 1. The van der Waals surface area contributed by atoms with E-state index in [2.05, 4.69) is 10.6 Å². The van der Waals surface area contributed by atoms with E-state index in [1.165, 1.54) is 11.3 Å². The highest BCUT2D eigenvalue weighted by Crippen LogP contribution is 2.41. The maximum absolute atomic E-state index is 12.9. The summed E-state index contributed by atoms with van der Waals surface area (Å²) in [6, 6.07) is 13.4. The zero-order valence-electron chi connectivity index (χ0n) is 22.1. The molecule has 0 aliphatic carbocycles. The van der Waals surface area contributed by atoms with Gasteiger partial charge in [0.2, 0.25) is 11.9 Å². The summed E-state index contributed by atoms with van der Waals surface area (Å²) in [4.78, 5) is 26.1. The number of carbonyl (C=O) groups is 1. The van der Waals surface area contributed by atoms with Gasteiger partial charge < -0.3 is 29.7 Å². The lowest BCUT2D eigenvalue weighted by Gasteiger charge is -2.21. The van der Waals surface area contributed by atoms with E-state index in [9.17, 15) is 9.36 Å². The van der Waals surface area contributed by atoms with Crippen molar-refractivity contribution in [2.45, 2.75) is 6.42 Å². The van der Waals surface area contributed by atoms with Gasteiger partial charge in [-0.1, -0.05) is 12.1 Å². The Hall–Kier alpha value is -3.46. The van der Waals surface area contributed by atoms with E-state index in [0.29, 0.717) is 36.3 Å². The van der Waals surface area contributed by atoms with Gasteiger partial charge in [0.05, 0.1) is 35.2 Å². The molecule has 11 heteroatoms. The normalized spacial score (nSPS) is 13.2. The number of hydrogen-bond donors (Lipinski definition) is 2. The van der Waals surface area contributed by atoms with Crippen molar-refractivity contribution >= 4 is 68.7 Å². The molecule has 0 atom stereocenters. The molecule has 0 saturated heterocycles. The Kier molecular flexibility index (Phi) is 7.13. The molecule has 0 spiro atoms. The second kappa shape index (κ2) is 10.4. The lowest BCUT2D eigenvalue weighted by atomic mass is 10.1. The summed E-state index contributed by atoms with van der Waals surface area (Å²) in [7, 11) is 2.88. The highest BCUT2D eigenvalue weighted by Gasteiger charge is 2.27. The third kappa shape index (κ3) is 5.25. The number of likely N-dealkylation sites (N-methyl/N-ethyl adjacent to an activating group) is 1. The number of thiophene rings is 1. The van der Waals surface area contributed by atoms with Crippen molar-refractivity contribution in [1.29, 1.82) is 0 Å². The van der Waals surface area contributed by atoms with Gasteiger partial charge in [-0.25, -0.2) is 4.98 Å². The van der Waals surface area contributed by atoms with Crippen LogP contribution in [0, 0.1) is 0 Å². The van der Waals surface area contributed by atoms with Gasteiger partial charge in [0, 0.05) is 17.5 Å². The number of rotatable bonds is 8. The van der Waals surface area contributed by atoms with Gasteiger partial charge in [-0.15, -0.1) is 11.3 Å². The van der Waals surface area contributed by atoms with Crippen LogP contribution in [0.1, 0.15) is 5.56 Å². The van der Waals surface area contributed by atoms with Crippen LogP contribution in [0.25, 0.3) is 10.2 Å². The summed E-state index contributed by atoms with van der Waals surface area (Å²) in [5.41, 5.74) is 4.14. The molecular formula is C27H31N6O3PS. The van der Waals surface area contributed by atoms with E-state index >= 15 is 0 Å². The Morgan fingerprint density at radius 2 is 1.92 bits per heavy atom. The number of benzene rings is 2. The second-order valence-corrected chi connectivity index (χ2v) is 14.0. The molecule has 2 aromatic carbocycles. The van der Waals surface area contributed by atoms with Gasteiger partial charge in [-0.05, 0) is 75.1 Å². The summed E-state index contributed by atoms with van der Waals surface area (Å²) >= 11 is 1.54. The van der Waals surface area contributed by atoms with Crippen molar-refractivity contribution in [3.05, 3.63) is 53.4 Å². The number of nitrogens with zero attached hydrogens (tertiary/aromatic N) is 4. The number of fused-ring (bicyclic) bond motifs is 2. The standard InChI is InChI=1S/C27H31N6O3PS/c1-32(2)16-24(34)33-12-10-17-14-22(36-3)20(15-21(17)33)30-27-29-19-11-13-38-25(19)26(31-27)28-18-8-6-7-9-23(18)37(4,5)35/h6-9,11,13-15H,10,12,16H2,1-5H3,(H2,28,29,30,31). The first kappa shape index (κ1) is 26.2. The average molecular weight is 551 g/mol. The molecule has 0 fully saturated rings. The van der Waals surface area contributed by atoms with E-state index in [0.717, 1.165) is 38.9 Å². The van der Waals surface area contributed by atoms with Crippen molar-refractivity contribution in [3.8, 4) is 5.75 Å². The molecule has 9 nitrogen and oxygen atoms in total. The van der Waals surface area contributed by atoms with Gasteiger partial charge in [-0.2, -0.15) is 4.98 Å². The molecule has 38 heavy (non-hydrogen) atoms. The highest BCUT2D eigenvalue weighted by molar-refractivity contribution is 7.70. The van der Waals surface area contributed by atoms with Gasteiger partial charge in [0.1, 0.15) is 12.9 Å². The minimum Gasteiger partial charge on any atom is -0.495 e. The van der Waals surface area contributed by atoms with Crippen LogP contribution < -0.4 is 25.6 Å². The zero-order valence-corrected chi connectivity index (χ0v) is 23.8. The predicted molar refractivity (Wildman–Crippen MR) is 157 cm³/mol. The van der Waals surface area contributed by atoms with E-state index in [1.54, 1.807) is 20.4 Å². The van der Waals surface area contributed by atoms with Gasteiger partial charge in [0.15, 0.2) is 5.82 Å². The van der Waals surface area contributed by atoms with Crippen molar-refractivity contribution in [2.75, 3.05) is 63.2 Å². The third-order valence-corrected chi connectivity index (χ3v) is 8.80. The Labute approximate surface area is 226 Å². The number of amides is 1. The maximum atomic E-state index is 12.9. The molecule has 0 saturated carbocycles. The quantitative estimate of drug-likeness (QED) is 0.300. The van der Waals surface area contributed by atoms with Crippen LogP contribution >= 0.6 is 18.5 Å². The molecule has 3 heterocycles. The number of para-hydroxylation sites is 1. The molecule has 0 bridgehead atoms. The van der Waals surface area contributed by atoms with Crippen LogP contribution in [0.3, 0.4) is 0 Å². The highest BCUT2D eigenvalue weighted by atomic mass is 32.1. The fraction of sp³-hybridized carbons (Fsp3) is 0.296. The van der Waals surface area contributed by atoms with Crippen LogP contribution in [0.4, 0.5) is 28.8 Å². The minimum absolute atomic E-state index is 0.0510. The van der Waals surface area contributed by atoms with Gasteiger partial charge in [0.25, 0.3) is 0 Å². The first-order chi connectivity index (χ1) is 18.1. The monoisotopic (exact) mass is 550 g/mol. The molecule has 0 unspecified atom stereocenters. The molecule has 2 N–H and O–H groups in total. The summed E-state index contributed by atoms with van der Waals surface area (Å²) in [6.45, 7) is 4.49. The van der Waals surface area contributed by atoms with Crippen LogP contribution in [0.15, 0.2) is 47.8 Å². The SMILES string of the molecule is COc1cc2c(cc1Nc1nc(Nc3ccccc3P(C)(C)=O)c3sccc3n1)N(C(=O)CN(C)C)CC2. The Bertz CT molecular complexity index is 1560. The fourth-order valence-corrected chi connectivity index (χ4v) is 6.53. The maximum Gasteiger partial charge on any atom is 0.241 e. The van der Waals surface area contributed by atoms with Crippen molar-refractivity contribution in [1.82, 2.24) is 14.9 Å². The number of aromatic nitrogens is 2. The van der Waals surface area contributed by atoms with Crippen molar-refractivity contribution < 1.29 is 14.1 Å². The van der Waals surface area contributed by atoms with E-state index in [1.807, 2.05) is 71.7 Å². The van der Waals surface area contributed by atoms with E-state index in [4.69, 9.17) is 14.7 Å². The lowest BCUT2D eigenvalue weighted by molar-refractivity contribution is -0.119. The molecule has 0 radical (unpaired) electrons. The van der Waals surface area contributed by atoms with Crippen LogP contribution in [-0.4, -0.2) is 68.4 Å². The van der Waals surface area contributed by atoms with Crippen molar-refractivity contribution in [2.24, 2.45) is 0 Å². The average Bonchev–Trinajstić information content (AvgIpc) is 3.50. The molecule has 1 aliphatic rings. The number of ether oxygens (including phenoxy) is 1. The zero-order chi connectivity index (χ0) is 27.0. The first-order valence-electron chi connectivity index (χ1n) is 12.2. The number of carbonyl (C=O) groups excluding carboxylic acids is 1. The largest absolute Gasteiger partial charge is 0.495 e. The van der Waals surface area contributed by atoms with Crippen LogP contribution in [-0.2, 0) is 15.8 Å². The van der Waals surface area contributed by atoms with Gasteiger partial charge in [-0.3, -0.25) is 4.79 Å².